The van der Waals surface area contributed by atoms with Crippen LogP contribution < -0.4 is 16.0 Å². The Hall–Kier alpha value is -2.33. The molecule has 0 aromatic heterocycles. The number of nitrogens with two attached hydrogens (primary N) is 1. The molecule has 0 spiro atoms. The van der Waals surface area contributed by atoms with Gasteiger partial charge < -0.3 is 16.0 Å². The number of rotatable bonds is 7. The highest BCUT2D eigenvalue weighted by Crippen LogP contribution is 2.13. The fourth-order valence-corrected chi connectivity index (χ4v) is 2.26. The van der Waals surface area contributed by atoms with Crippen molar-refractivity contribution in [1.82, 2.24) is 5.32 Å². The quantitative estimate of drug-likeness (QED) is 0.824. The molecule has 22 heavy (non-hydrogen) atoms. The predicted molar refractivity (Wildman–Crippen MR) is 90.7 cm³/mol. The zero-order chi connectivity index (χ0) is 15.8. The number of nitrogens with zero attached hydrogens (tertiary/aromatic N) is 1. The molecule has 4 heteroatoms. The van der Waals surface area contributed by atoms with Crippen molar-refractivity contribution in [1.29, 1.82) is 0 Å². The molecular formula is C18H23N3O. The molecule has 2 aromatic rings. The van der Waals surface area contributed by atoms with E-state index in [2.05, 4.69) is 10.2 Å². The number of anilines is 1. The molecule has 0 aliphatic heterocycles. The molecule has 2 aromatic carbocycles. The Morgan fingerprint density at radius 3 is 2.32 bits per heavy atom. The third-order valence-corrected chi connectivity index (χ3v) is 3.60. The number of likely N-dealkylation sites (N-methyl/N-ethyl adjacent to an activating group) is 1. The van der Waals surface area contributed by atoms with Gasteiger partial charge in [-0.1, -0.05) is 48.5 Å². The SMILES string of the molecule is CN(CCNC(=O)CC(N)c1ccccc1)c1ccccc1. The van der Waals surface area contributed by atoms with E-state index in [1.807, 2.05) is 67.7 Å². The number of hydrogen-bond acceptors (Lipinski definition) is 3. The van der Waals surface area contributed by atoms with Crippen molar-refractivity contribution in [2.24, 2.45) is 5.73 Å². The Balaban J connectivity index is 1.72. The van der Waals surface area contributed by atoms with Gasteiger partial charge in [-0.2, -0.15) is 0 Å². The van der Waals surface area contributed by atoms with E-state index in [0.717, 1.165) is 17.8 Å². The molecule has 1 atom stereocenters. The summed E-state index contributed by atoms with van der Waals surface area (Å²) in [5.74, 6) is -0.0159. The highest BCUT2D eigenvalue weighted by molar-refractivity contribution is 5.76. The Morgan fingerprint density at radius 1 is 1.09 bits per heavy atom. The third kappa shape index (κ3) is 4.90. The van der Waals surface area contributed by atoms with E-state index >= 15 is 0 Å². The van der Waals surface area contributed by atoms with Crippen LogP contribution in [0.1, 0.15) is 18.0 Å². The second-order valence-electron chi connectivity index (χ2n) is 5.33. The van der Waals surface area contributed by atoms with Crippen molar-refractivity contribution in [3.05, 3.63) is 66.2 Å². The molecule has 1 unspecified atom stereocenters. The summed E-state index contributed by atoms with van der Waals surface area (Å²) in [4.78, 5) is 14.0. The first kappa shape index (κ1) is 16.0. The number of hydrogen-bond donors (Lipinski definition) is 2. The molecule has 0 aliphatic carbocycles. The van der Waals surface area contributed by atoms with E-state index < -0.39 is 0 Å². The van der Waals surface area contributed by atoms with Crippen LogP contribution in [0.4, 0.5) is 5.69 Å². The summed E-state index contributed by atoms with van der Waals surface area (Å²) >= 11 is 0. The van der Waals surface area contributed by atoms with Gasteiger partial charge in [0.15, 0.2) is 0 Å². The molecule has 3 N–H and O–H groups in total. The molecule has 0 saturated heterocycles. The average Bonchev–Trinajstić information content (AvgIpc) is 2.56. The van der Waals surface area contributed by atoms with Crippen molar-refractivity contribution < 1.29 is 4.79 Å². The minimum absolute atomic E-state index is 0.0159. The Labute approximate surface area is 131 Å². The van der Waals surface area contributed by atoms with Crippen LogP contribution in [0.5, 0.6) is 0 Å². The van der Waals surface area contributed by atoms with Gasteiger partial charge in [-0.05, 0) is 17.7 Å². The molecule has 0 aliphatic rings. The van der Waals surface area contributed by atoms with Gasteiger partial charge in [0.25, 0.3) is 0 Å². The Morgan fingerprint density at radius 2 is 1.68 bits per heavy atom. The van der Waals surface area contributed by atoms with Crippen LogP contribution in [-0.2, 0) is 4.79 Å². The molecular weight excluding hydrogens is 274 g/mol. The Bertz CT molecular complexity index is 571. The standard InChI is InChI=1S/C18H23N3O/c1-21(16-10-6-3-7-11-16)13-12-20-18(22)14-17(19)15-8-4-2-5-9-15/h2-11,17H,12-14,19H2,1H3,(H,20,22). The largest absolute Gasteiger partial charge is 0.373 e. The lowest BCUT2D eigenvalue weighted by Gasteiger charge is -2.19. The van der Waals surface area contributed by atoms with Gasteiger partial charge in [0.2, 0.25) is 5.91 Å². The van der Waals surface area contributed by atoms with E-state index in [9.17, 15) is 4.79 Å². The maximum Gasteiger partial charge on any atom is 0.221 e. The van der Waals surface area contributed by atoms with Crippen LogP contribution in [0.3, 0.4) is 0 Å². The summed E-state index contributed by atoms with van der Waals surface area (Å²) in [6, 6.07) is 19.5. The summed E-state index contributed by atoms with van der Waals surface area (Å²) in [6.07, 6.45) is 0.305. The number of amides is 1. The highest BCUT2D eigenvalue weighted by Gasteiger charge is 2.11. The van der Waals surface area contributed by atoms with Gasteiger partial charge in [-0.3, -0.25) is 4.79 Å². The monoisotopic (exact) mass is 297 g/mol. The Kier molecular flexibility index (Phi) is 5.98. The number of nitrogens with one attached hydrogen (secondary N) is 1. The van der Waals surface area contributed by atoms with Gasteiger partial charge in [-0.25, -0.2) is 0 Å². The van der Waals surface area contributed by atoms with Crippen molar-refractivity contribution in [2.75, 3.05) is 25.0 Å². The molecule has 0 bridgehead atoms. The van der Waals surface area contributed by atoms with Crippen LogP contribution >= 0.6 is 0 Å². The minimum Gasteiger partial charge on any atom is -0.373 e. The smallest absolute Gasteiger partial charge is 0.221 e. The topological polar surface area (TPSA) is 58.4 Å². The minimum atomic E-state index is -0.256. The number of para-hydroxylation sites is 1. The van der Waals surface area contributed by atoms with Crippen molar-refractivity contribution in [2.45, 2.75) is 12.5 Å². The molecule has 0 fully saturated rings. The van der Waals surface area contributed by atoms with Crippen LogP contribution in [0.15, 0.2) is 60.7 Å². The van der Waals surface area contributed by atoms with Crippen molar-refractivity contribution in [3.63, 3.8) is 0 Å². The lowest BCUT2D eigenvalue weighted by atomic mass is 10.0. The second-order valence-corrected chi connectivity index (χ2v) is 5.33. The van der Waals surface area contributed by atoms with Crippen LogP contribution in [0, 0.1) is 0 Å². The zero-order valence-corrected chi connectivity index (χ0v) is 12.9. The maximum absolute atomic E-state index is 11.9. The van der Waals surface area contributed by atoms with Gasteiger partial charge in [-0.15, -0.1) is 0 Å². The fourth-order valence-electron chi connectivity index (χ4n) is 2.26. The highest BCUT2D eigenvalue weighted by atomic mass is 16.1. The number of benzene rings is 2. The fraction of sp³-hybridized carbons (Fsp3) is 0.278. The molecule has 116 valence electrons. The normalized spacial score (nSPS) is 11.7. The van der Waals surface area contributed by atoms with E-state index in [1.165, 1.54) is 0 Å². The molecule has 2 rings (SSSR count). The van der Waals surface area contributed by atoms with Crippen LogP contribution in [-0.4, -0.2) is 26.0 Å². The summed E-state index contributed by atoms with van der Waals surface area (Å²) in [5, 5.41) is 2.92. The number of carbonyl (C=O) groups is 1. The maximum atomic E-state index is 11.9. The number of carbonyl (C=O) groups excluding carboxylic acids is 1. The average molecular weight is 297 g/mol. The lowest BCUT2D eigenvalue weighted by Crippen LogP contribution is -2.34. The summed E-state index contributed by atoms with van der Waals surface area (Å²) in [5.41, 5.74) is 8.17. The first-order valence-corrected chi connectivity index (χ1v) is 7.50. The van der Waals surface area contributed by atoms with Gasteiger partial charge in [0.05, 0.1) is 0 Å². The van der Waals surface area contributed by atoms with E-state index in [0.29, 0.717) is 13.0 Å². The molecule has 4 nitrogen and oxygen atoms in total. The van der Waals surface area contributed by atoms with E-state index in [-0.39, 0.29) is 11.9 Å². The van der Waals surface area contributed by atoms with E-state index in [4.69, 9.17) is 5.73 Å². The molecule has 0 radical (unpaired) electrons. The summed E-state index contributed by atoms with van der Waals surface area (Å²) in [6.45, 7) is 1.36. The van der Waals surface area contributed by atoms with E-state index in [1.54, 1.807) is 0 Å². The van der Waals surface area contributed by atoms with Crippen molar-refractivity contribution in [3.8, 4) is 0 Å². The lowest BCUT2D eigenvalue weighted by molar-refractivity contribution is -0.121. The predicted octanol–water partition coefficient (Wildman–Crippen LogP) is 2.33. The summed E-state index contributed by atoms with van der Waals surface area (Å²) in [7, 11) is 2.01. The second kappa shape index (κ2) is 8.20. The van der Waals surface area contributed by atoms with Crippen LogP contribution in [0.25, 0.3) is 0 Å². The molecule has 0 heterocycles. The summed E-state index contributed by atoms with van der Waals surface area (Å²) < 4.78 is 0. The molecule has 1 amide bonds. The van der Waals surface area contributed by atoms with Gasteiger partial charge >= 0.3 is 0 Å². The first-order valence-electron chi connectivity index (χ1n) is 7.50. The van der Waals surface area contributed by atoms with Crippen molar-refractivity contribution >= 4 is 11.6 Å². The van der Waals surface area contributed by atoms with Crippen LogP contribution in [0.2, 0.25) is 0 Å². The van der Waals surface area contributed by atoms with Gasteiger partial charge in [0.1, 0.15) is 0 Å². The zero-order valence-electron chi connectivity index (χ0n) is 12.9. The first-order chi connectivity index (χ1) is 10.7. The van der Waals surface area contributed by atoms with Gasteiger partial charge in [0, 0.05) is 38.3 Å². The third-order valence-electron chi connectivity index (χ3n) is 3.60. The molecule has 0 saturated carbocycles.